The molecule has 2 atom stereocenters. The maximum Gasteiger partial charge on any atom is 0.226 e. The third kappa shape index (κ3) is 7.56. The lowest BCUT2D eigenvalue weighted by molar-refractivity contribution is -0.138. The second kappa shape index (κ2) is 13.8. The number of aliphatic hydroxyl groups excluding tert-OH is 1. The Bertz CT molecular complexity index is 1400. The van der Waals surface area contributed by atoms with Crippen molar-refractivity contribution in [1.82, 2.24) is 4.90 Å². The van der Waals surface area contributed by atoms with Gasteiger partial charge in [-0.1, -0.05) is 116 Å². The average molecular weight is 550 g/mol. The first kappa shape index (κ1) is 28.9. The molecule has 0 radical (unpaired) electrons. The molecule has 4 heteroatoms. The van der Waals surface area contributed by atoms with Gasteiger partial charge in [0.25, 0.3) is 0 Å². The lowest BCUT2D eigenvalue weighted by atomic mass is 9.91. The summed E-state index contributed by atoms with van der Waals surface area (Å²) in [4.78, 5) is 16.0. The summed E-state index contributed by atoms with van der Waals surface area (Å²) in [5, 5.41) is 14.2. The zero-order valence-electron chi connectivity index (χ0n) is 24.5. The molecule has 0 saturated heterocycles. The molecule has 4 aromatic carbocycles. The summed E-state index contributed by atoms with van der Waals surface area (Å²) in [6.07, 6.45) is 6.33. The minimum Gasteiger partial charge on any atom is -0.493 e. The Morgan fingerprint density at radius 1 is 0.878 bits per heavy atom. The first-order valence-electron chi connectivity index (χ1n) is 15.2. The van der Waals surface area contributed by atoms with Crippen molar-refractivity contribution >= 4 is 16.7 Å². The molecule has 1 aliphatic rings. The molecule has 1 saturated carbocycles. The number of nitrogens with zero attached hydrogens (tertiary/aromatic N) is 1. The average Bonchev–Trinajstić information content (AvgIpc) is 3.52. The van der Waals surface area contributed by atoms with E-state index in [2.05, 4.69) is 37.3 Å². The van der Waals surface area contributed by atoms with Gasteiger partial charge >= 0.3 is 0 Å². The summed E-state index contributed by atoms with van der Waals surface area (Å²) in [6.45, 7) is 4.84. The maximum absolute atomic E-state index is 14.1. The number of aryl methyl sites for hydroxylation is 2. The van der Waals surface area contributed by atoms with Gasteiger partial charge in [-0.15, -0.1) is 0 Å². The minimum absolute atomic E-state index is 0.00706. The first-order valence-corrected chi connectivity index (χ1v) is 15.2. The van der Waals surface area contributed by atoms with Crippen molar-refractivity contribution in [2.75, 3.05) is 6.61 Å². The zero-order chi connectivity index (χ0) is 28.6. The third-order valence-corrected chi connectivity index (χ3v) is 8.68. The largest absolute Gasteiger partial charge is 0.493 e. The van der Waals surface area contributed by atoms with Crippen LogP contribution in [0.4, 0.5) is 0 Å². The summed E-state index contributed by atoms with van der Waals surface area (Å²) in [7, 11) is 0. The summed E-state index contributed by atoms with van der Waals surface area (Å²) < 4.78 is 5.97. The molecule has 2 unspecified atom stereocenters. The van der Waals surface area contributed by atoms with Crippen LogP contribution >= 0.6 is 0 Å². The van der Waals surface area contributed by atoms with Crippen LogP contribution in [0.1, 0.15) is 73.3 Å². The van der Waals surface area contributed by atoms with Crippen molar-refractivity contribution in [2.24, 2.45) is 5.92 Å². The summed E-state index contributed by atoms with van der Waals surface area (Å²) in [5.41, 5.74) is 4.28. The Hall–Kier alpha value is -3.63. The fourth-order valence-corrected chi connectivity index (χ4v) is 6.21. The molecule has 0 aliphatic heterocycles. The number of carbonyl (C=O) groups is 1. The smallest absolute Gasteiger partial charge is 0.226 e. The van der Waals surface area contributed by atoms with E-state index in [9.17, 15) is 9.90 Å². The molecule has 5 rings (SSSR count). The van der Waals surface area contributed by atoms with Crippen molar-refractivity contribution in [1.29, 1.82) is 0 Å². The number of hydrogen-bond acceptors (Lipinski definition) is 3. The zero-order valence-corrected chi connectivity index (χ0v) is 24.5. The van der Waals surface area contributed by atoms with E-state index in [1.807, 2.05) is 72.5 Å². The van der Waals surface area contributed by atoms with Crippen LogP contribution in [0.2, 0.25) is 0 Å². The molecule has 0 spiro atoms. The molecule has 4 aromatic rings. The lowest BCUT2D eigenvalue weighted by Crippen LogP contribution is -2.44. The van der Waals surface area contributed by atoms with Crippen LogP contribution < -0.4 is 4.74 Å². The quantitative estimate of drug-likeness (QED) is 0.193. The summed E-state index contributed by atoms with van der Waals surface area (Å²) >= 11 is 0. The Labute approximate surface area is 245 Å². The van der Waals surface area contributed by atoms with Gasteiger partial charge in [-0.2, -0.15) is 0 Å². The highest BCUT2D eigenvalue weighted by Gasteiger charge is 2.32. The van der Waals surface area contributed by atoms with Gasteiger partial charge in [0.15, 0.2) is 0 Å². The summed E-state index contributed by atoms with van der Waals surface area (Å²) in [5.74, 6) is 1.44. The van der Waals surface area contributed by atoms with Crippen molar-refractivity contribution in [2.45, 2.75) is 77.5 Å². The molecule has 1 fully saturated rings. The predicted octanol–water partition coefficient (Wildman–Crippen LogP) is 8.33. The van der Waals surface area contributed by atoms with Crippen LogP contribution in [-0.2, 0) is 11.3 Å². The van der Waals surface area contributed by atoms with E-state index in [4.69, 9.17) is 4.74 Å². The van der Waals surface area contributed by atoms with Crippen molar-refractivity contribution in [3.05, 3.63) is 113 Å². The van der Waals surface area contributed by atoms with Crippen molar-refractivity contribution in [3.63, 3.8) is 0 Å². The van der Waals surface area contributed by atoms with E-state index < -0.39 is 6.10 Å². The van der Waals surface area contributed by atoms with Crippen LogP contribution in [0.5, 0.6) is 5.75 Å². The number of amides is 1. The van der Waals surface area contributed by atoms with Crippen LogP contribution in [-0.4, -0.2) is 28.6 Å². The second-order valence-corrected chi connectivity index (χ2v) is 11.7. The van der Waals surface area contributed by atoms with Crippen molar-refractivity contribution < 1.29 is 14.6 Å². The second-order valence-electron chi connectivity index (χ2n) is 11.7. The molecule has 0 heterocycles. The summed E-state index contributed by atoms with van der Waals surface area (Å²) in [6, 6.07) is 30.3. The molecule has 1 N–H and O–H groups in total. The van der Waals surface area contributed by atoms with Gasteiger partial charge in [0, 0.05) is 6.54 Å². The number of fused-ring (bicyclic) bond motifs is 1. The minimum atomic E-state index is -0.769. The van der Waals surface area contributed by atoms with E-state index in [0.717, 1.165) is 46.1 Å². The lowest BCUT2D eigenvalue weighted by Gasteiger charge is -2.36. The monoisotopic (exact) mass is 549 g/mol. The van der Waals surface area contributed by atoms with Crippen LogP contribution in [0.15, 0.2) is 91.0 Å². The Morgan fingerprint density at radius 3 is 2.27 bits per heavy atom. The number of aliphatic hydroxyl groups is 1. The van der Waals surface area contributed by atoms with Crippen LogP contribution in [0, 0.1) is 19.8 Å². The topological polar surface area (TPSA) is 49.8 Å². The van der Waals surface area contributed by atoms with Gasteiger partial charge in [-0.25, -0.2) is 0 Å². The molecule has 0 aromatic heterocycles. The van der Waals surface area contributed by atoms with E-state index in [1.165, 1.54) is 31.2 Å². The Balaban J connectivity index is 1.44. The van der Waals surface area contributed by atoms with E-state index in [-0.39, 0.29) is 18.4 Å². The number of hydrogen-bond donors (Lipinski definition) is 1. The molecule has 1 amide bonds. The van der Waals surface area contributed by atoms with Crippen LogP contribution in [0.3, 0.4) is 0 Å². The highest BCUT2D eigenvalue weighted by Crippen LogP contribution is 2.34. The third-order valence-electron chi connectivity index (χ3n) is 8.68. The van der Waals surface area contributed by atoms with Gasteiger partial charge < -0.3 is 14.7 Å². The molecule has 214 valence electrons. The van der Waals surface area contributed by atoms with E-state index in [0.29, 0.717) is 19.1 Å². The molecule has 4 nitrogen and oxygen atoms in total. The number of benzene rings is 4. The van der Waals surface area contributed by atoms with Gasteiger partial charge in [-0.3, -0.25) is 4.79 Å². The molecule has 41 heavy (non-hydrogen) atoms. The highest BCUT2D eigenvalue weighted by molar-refractivity contribution is 5.86. The Kier molecular flexibility index (Phi) is 9.74. The maximum atomic E-state index is 14.1. The molecular weight excluding hydrogens is 506 g/mol. The molecule has 0 bridgehead atoms. The fourth-order valence-electron chi connectivity index (χ4n) is 6.21. The van der Waals surface area contributed by atoms with Crippen molar-refractivity contribution in [3.8, 4) is 5.75 Å². The Morgan fingerprint density at radius 2 is 1.54 bits per heavy atom. The van der Waals surface area contributed by atoms with Gasteiger partial charge in [0.2, 0.25) is 5.91 Å². The normalized spacial score (nSPS) is 15.1. The SMILES string of the molecule is Cc1ccc(OCCC(=O)N(Cc2cccc3ccccc23)C(CCC2CCCC2)C(O)c2ccc(C)cc2)cc1. The van der Waals surface area contributed by atoms with Gasteiger partial charge in [0.1, 0.15) is 5.75 Å². The molecule has 1 aliphatic carbocycles. The van der Waals surface area contributed by atoms with Crippen LogP contribution in [0.25, 0.3) is 10.8 Å². The molecular formula is C37H43NO3. The highest BCUT2D eigenvalue weighted by atomic mass is 16.5. The standard InChI is InChI=1S/C37H43NO3/c1-27-14-19-31(20-15-27)37(40)35(23-18-29-8-3-4-9-29)38(26-32-12-7-11-30-10-5-6-13-34(30)32)36(39)24-25-41-33-21-16-28(2)17-22-33/h5-7,10-17,19-22,29,35,37,40H,3-4,8-9,18,23-26H2,1-2H3. The van der Waals surface area contributed by atoms with Gasteiger partial charge in [-0.05, 0) is 66.6 Å². The number of rotatable bonds is 12. The first-order chi connectivity index (χ1) is 20.0. The predicted molar refractivity (Wildman–Crippen MR) is 167 cm³/mol. The number of carbonyl (C=O) groups excluding carboxylic acids is 1. The van der Waals surface area contributed by atoms with Gasteiger partial charge in [0.05, 0.1) is 25.2 Å². The van der Waals surface area contributed by atoms with E-state index >= 15 is 0 Å². The fraction of sp³-hybridized carbons (Fsp3) is 0.378. The number of ether oxygens (including phenoxy) is 1. The van der Waals surface area contributed by atoms with E-state index in [1.54, 1.807) is 0 Å².